The van der Waals surface area contributed by atoms with Gasteiger partial charge in [0.05, 0.1) is 31.2 Å². The molecule has 96 valence electrons. The van der Waals surface area contributed by atoms with E-state index in [-0.39, 0.29) is 0 Å². The topological polar surface area (TPSA) is 33.0 Å². The van der Waals surface area contributed by atoms with E-state index in [1.807, 2.05) is 6.07 Å². The van der Waals surface area contributed by atoms with E-state index in [1.54, 1.807) is 18.2 Å². The number of ether oxygens (including phenoxy) is 1. The second kappa shape index (κ2) is 6.02. The van der Waals surface area contributed by atoms with Gasteiger partial charge in [0.1, 0.15) is 11.5 Å². The third kappa shape index (κ3) is 3.34. The van der Waals surface area contributed by atoms with E-state index in [2.05, 4.69) is 15.9 Å². The number of benzene rings is 2. The lowest BCUT2D eigenvalue weighted by molar-refractivity contribution is 0.480. The SMILES string of the molecule is N#Cc1ccc(Oc2cc(Cl)c(Cl)cc2Cl)c(Br)c1. The highest BCUT2D eigenvalue weighted by Crippen LogP contribution is 2.38. The molecule has 0 saturated heterocycles. The van der Waals surface area contributed by atoms with Crippen LogP contribution in [0.3, 0.4) is 0 Å². The fourth-order valence-corrected chi connectivity index (χ4v) is 2.39. The van der Waals surface area contributed by atoms with Gasteiger partial charge < -0.3 is 4.74 Å². The van der Waals surface area contributed by atoms with Gasteiger partial charge in [-0.1, -0.05) is 34.8 Å². The van der Waals surface area contributed by atoms with Crippen LogP contribution in [-0.4, -0.2) is 0 Å². The van der Waals surface area contributed by atoms with Crippen LogP contribution in [-0.2, 0) is 0 Å². The van der Waals surface area contributed by atoms with Gasteiger partial charge in [-0.05, 0) is 40.2 Å². The van der Waals surface area contributed by atoms with Crippen molar-refractivity contribution in [3.8, 4) is 17.6 Å². The van der Waals surface area contributed by atoms with Gasteiger partial charge in [0.15, 0.2) is 0 Å². The molecule has 0 fully saturated rings. The summed E-state index contributed by atoms with van der Waals surface area (Å²) in [5, 5.41) is 9.85. The summed E-state index contributed by atoms with van der Waals surface area (Å²) in [4.78, 5) is 0. The zero-order chi connectivity index (χ0) is 14.0. The van der Waals surface area contributed by atoms with Crippen LogP contribution in [0.4, 0.5) is 0 Å². The molecule has 2 nitrogen and oxygen atoms in total. The second-order valence-corrected chi connectivity index (χ2v) is 5.63. The Morgan fingerprint density at radius 3 is 2.26 bits per heavy atom. The average molecular weight is 377 g/mol. The van der Waals surface area contributed by atoms with Crippen molar-refractivity contribution < 1.29 is 4.74 Å². The molecule has 0 unspecified atom stereocenters. The van der Waals surface area contributed by atoms with Crippen molar-refractivity contribution in [3.05, 3.63) is 55.4 Å². The van der Waals surface area contributed by atoms with Crippen LogP contribution in [0.15, 0.2) is 34.8 Å². The van der Waals surface area contributed by atoms with Gasteiger partial charge in [0, 0.05) is 6.07 Å². The van der Waals surface area contributed by atoms with Crippen molar-refractivity contribution in [3.63, 3.8) is 0 Å². The third-order valence-electron chi connectivity index (χ3n) is 2.26. The minimum absolute atomic E-state index is 0.352. The summed E-state index contributed by atoms with van der Waals surface area (Å²) in [6.45, 7) is 0. The molecule has 0 radical (unpaired) electrons. The third-order valence-corrected chi connectivity index (χ3v) is 3.89. The average Bonchev–Trinajstić information content (AvgIpc) is 2.38. The molecule has 0 saturated carbocycles. The Balaban J connectivity index is 2.37. The van der Waals surface area contributed by atoms with Crippen LogP contribution in [0, 0.1) is 11.3 Å². The molecule has 2 rings (SSSR count). The maximum atomic E-state index is 8.79. The number of halogens is 4. The second-order valence-electron chi connectivity index (χ2n) is 3.56. The highest BCUT2D eigenvalue weighted by molar-refractivity contribution is 9.10. The minimum Gasteiger partial charge on any atom is -0.455 e. The summed E-state index contributed by atoms with van der Waals surface area (Å²) in [7, 11) is 0. The summed E-state index contributed by atoms with van der Waals surface area (Å²) in [6, 6.07) is 10.1. The Hall–Kier alpha value is -0.920. The van der Waals surface area contributed by atoms with E-state index >= 15 is 0 Å². The zero-order valence-corrected chi connectivity index (χ0v) is 13.1. The molecule has 0 heterocycles. The van der Waals surface area contributed by atoms with Crippen molar-refractivity contribution in [2.45, 2.75) is 0 Å². The van der Waals surface area contributed by atoms with Gasteiger partial charge in [0.2, 0.25) is 0 Å². The molecular weight excluding hydrogens is 372 g/mol. The standard InChI is InChI=1S/C13H5BrCl3NO/c14-8-3-7(6-18)1-2-12(8)19-13-5-10(16)9(15)4-11(13)17/h1-5H. The molecule has 19 heavy (non-hydrogen) atoms. The fraction of sp³-hybridized carbons (Fsp3) is 0. The Morgan fingerprint density at radius 1 is 0.947 bits per heavy atom. The number of hydrogen-bond acceptors (Lipinski definition) is 2. The molecule has 0 atom stereocenters. The van der Waals surface area contributed by atoms with Crippen LogP contribution in [0.25, 0.3) is 0 Å². The van der Waals surface area contributed by atoms with E-state index in [9.17, 15) is 0 Å². The van der Waals surface area contributed by atoms with E-state index in [4.69, 9.17) is 44.8 Å². The first kappa shape index (κ1) is 14.5. The van der Waals surface area contributed by atoms with E-state index in [0.29, 0.717) is 36.6 Å². The van der Waals surface area contributed by atoms with Gasteiger partial charge in [0.25, 0.3) is 0 Å². The number of nitriles is 1. The smallest absolute Gasteiger partial charge is 0.147 e. The molecule has 2 aromatic rings. The van der Waals surface area contributed by atoms with Crippen LogP contribution >= 0.6 is 50.7 Å². The highest BCUT2D eigenvalue weighted by Gasteiger charge is 2.10. The van der Waals surface area contributed by atoms with Crippen LogP contribution in [0.1, 0.15) is 5.56 Å². The molecule has 0 bridgehead atoms. The maximum Gasteiger partial charge on any atom is 0.147 e. The van der Waals surface area contributed by atoms with Gasteiger partial charge >= 0.3 is 0 Å². The Morgan fingerprint density at radius 2 is 1.63 bits per heavy atom. The van der Waals surface area contributed by atoms with Gasteiger partial charge in [-0.15, -0.1) is 0 Å². The largest absolute Gasteiger partial charge is 0.455 e. The molecule has 6 heteroatoms. The Labute approximate surface area is 133 Å². The number of hydrogen-bond donors (Lipinski definition) is 0. The molecule has 0 aliphatic rings. The summed E-state index contributed by atoms with van der Waals surface area (Å²) in [6.07, 6.45) is 0. The maximum absolute atomic E-state index is 8.79. The lowest BCUT2D eigenvalue weighted by atomic mass is 10.2. The monoisotopic (exact) mass is 375 g/mol. The summed E-state index contributed by atoms with van der Waals surface area (Å²) in [5.41, 5.74) is 0.527. The normalized spacial score (nSPS) is 10.1. The van der Waals surface area contributed by atoms with Gasteiger partial charge in [-0.2, -0.15) is 5.26 Å². The lowest BCUT2D eigenvalue weighted by Gasteiger charge is -2.10. The van der Waals surface area contributed by atoms with E-state index < -0.39 is 0 Å². The van der Waals surface area contributed by atoms with Crippen LogP contribution in [0.2, 0.25) is 15.1 Å². The first-order valence-corrected chi connectivity index (χ1v) is 6.96. The molecule has 0 aromatic heterocycles. The molecule has 2 aromatic carbocycles. The Kier molecular flexibility index (Phi) is 4.59. The summed E-state index contributed by atoms with van der Waals surface area (Å²) >= 11 is 21.1. The fourth-order valence-electron chi connectivity index (χ4n) is 1.35. The van der Waals surface area contributed by atoms with E-state index in [1.165, 1.54) is 12.1 Å². The summed E-state index contributed by atoms with van der Waals surface area (Å²) in [5.74, 6) is 0.917. The Bertz CT molecular complexity index is 682. The van der Waals surface area contributed by atoms with Crippen molar-refractivity contribution in [1.82, 2.24) is 0 Å². The first-order chi connectivity index (χ1) is 9.01. The molecular formula is C13H5BrCl3NO. The van der Waals surface area contributed by atoms with Crippen molar-refractivity contribution in [2.75, 3.05) is 0 Å². The summed E-state index contributed by atoms with van der Waals surface area (Å²) < 4.78 is 6.29. The predicted molar refractivity (Wildman–Crippen MR) is 80.4 cm³/mol. The van der Waals surface area contributed by atoms with E-state index in [0.717, 1.165) is 0 Å². The molecule has 0 aliphatic carbocycles. The van der Waals surface area contributed by atoms with Crippen LogP contribution in [0.5, 0.6) is 11.5 Å². The van der Waals surface area contributed by atoms with Gasteiger partial charge in [-0.3, -0.25) is 0 Å². The molecule has 0 spiro atoms. The molecule has 0 aliphatic heterocycles. The van der Waals surface area contributed by atoms with Crippen molar-refractivity contribution in [1.29, 1.82) is 5.26 Å². The van der Waals surface area contributed by atoms with Crippen LogP contribution < -0.4 is 4.74 Å². The number of rotatable bonds is 2. The quantitative estimate of drug-likeness (QED) is 0.595. The van der Waals surface area contributed by atoms with Crippen molar-refractivity contribution in [2.24, 2.45) is 0 Å². The van der Waals surface area contributed by atoms with Gasteiger partial charge in [-0.25, -0.2) is 0 Å². The minimum atomic E-state index is 0.352. The lowest BCUT2D eigenvalue weighted by Crippen LogP contribution is -1.88. The first-order valence-electron chi connectivity index (χ1n) is 5.03. The zero-order valence-electron chi connectivity index (χ0n) is 9.25. The highest BCUT2D eigenvalue weighted by atomic mass is 79.9. The molecule has 0 N–H and O–H groups in total. The number of nitrogens with zero attached hydrogens (tertiary/aromatic N) is 1. The van der Waals surface area contributed by atoms with Crippen molar-refractivity contribution >= 4 is 50.7 Å². The predicted octanol–water partition coefficient (Wildman–Crippen LogP) is 6.07. The molecule has 0 amide bonds.